The summed E-state index contributed by atoms with van der Waals surface area (Å²) in [5.74, 6) is -0.476. The zero-order valence-electron chi connectivity index (χ0n) is 12.6. The summed E-state index contributed by atoms with van der Waals surface area (Å²) in [5.41, 5.74) is -0.284. The van der Waals surface area contributed by atoms with Gasteiger partial charge in [0.25, 0.3) is 0 Å². The lowest BCUT2D eigenvalue weighted by Crippen LogP contribution is -2.36. The molecule has 0 spiro atoms. The Hall–Kier alpha value is -2.11. The summed E-state index contributed by atoms with van der Waals surface area (Å²) in [5, 5.41) is 9.66. The molecule has 2 fully saturated rings. The second-order valence-corrected chi connectivity index (χ2v) is 6.03. The number of carboxylic acids is 1. The molecule has 22 heavy (non-hydrogen) atoms. The molecule has 1 aliphatic heterocycles. The maximum atomic E-state index is 12.1. The number of carbonyl (C=O) groups is 2. The zero-order valence-corrected chi connectivity index (χ0v) is 12.6. The molecule has 6 heteroatoms. The predicted octanol–water partition coefficient (Wildman–Crippen LogP) is 1.95. The van der Waals surface area contributed by atoms with E-state index in [1.165, 1.54) is 0 Å². The van der Waals surface area contributed by atoms with Crippen LogP contribution in [0.25, 0.3) is 0 Å². The van der Waals surface area contributed by atoms with Crippen LogP contribution in [0.3, 0.4) is 0 Å². The van der Waals surface area contributed by atoms with E-state index in [2.05, 4.69) is 4.98 Å². The number of esters is 1. The van der Waals surface area contributed by atoms with Crippen molar-refractivity contribution in [3.63, 3.8) is 0 Å². The van der Waals surface area contributed by atoms with Crippen LogP contribution in [0.15, 0.2) is 18.3 Å². The number of nitrogens with zero attached hydrogens (tertiary/aromatic N) is 2. The van der Waals surface area contributed by atoms with E-state index in [-0.39, 0.29) is 5.92 Å². The van der Waals surface area contributed by atoms with Crippen molar-refractivity contribution in [2.75, 3.05) is 24.6 Å². The van der Waals surface area contributed by atoms with E-state index < -0.39 is 17.4 Å². The number of fused-ring (bicyclic) bond motifs is 1. The molecule has 2 atom stereocenters. The van der Waals surface area contributed by atoms with Crippen LogP contribution in [-0.4, -0.2) is 41.7 Å². The van der Waals surface area contributed by atoms with E-state index in [0.717, 1.165) is 12.8 Å². The van der Waals surface area contributed by atoms with Crippen molar-refractivity contribution in [3.05, 3.63) is 23.9 Å². The van der Waals surface area contributed by atoms with Gasteiger partial charge in [-0.1, -0.05) is 6.42 Å². The van der Waals surface area contributed by atoms with Crippen LogP contribution in [0.2, 0.25) is 0 Å². The van der Waals surface area contributed by atoms with E-state index in [1.807, 2.05) is 4.90 Å². The van der Waals surface area contributed by atoms with Crippen molar-refractivity contribution in [1.82, 2.24) is 4.98 Å². The lowest BCUT2D eigenvalue weighted by molar-refractivity contribution is -0.149. The zero-order chi connectivity index (χ0) is 15.7. The van der Waals surface area contributed by atoms with Crippen LogP contribution in [0, 0.1) is 11.3 Å². The lowest BCUT2D eigenvalue weighted by Gasteiger charge is -2.24. The molecule has 1 saturated carbocycles. The summed E-state index contributed by atoms with van der Waals surface area (Å²) < 4.78 is 5.07. The quantitative estimate of drug-likeness (QED) is 0.856. The lowest BCUT2D eigenvalue weighted by atomic mass is 9.81. The van der Waals surface area contributed by atoms with Crippen LogP contribution in [0.4, 0.5) is 5.82 Å². The molecule has 2 aliphatic rings. The number of hydrogen-bond donors (Lipinski definition) is 1. The molecule has 1 saturated heterocycles. The summed E-state index contributed by atoms with van der Waals surface area (Å²) in [6.45, 7) is 3.11. The van der Waals surface area contributed by atoms with Crippen molar-refractivity contribution in [3.8, 4) is 0 Å². The first-order chi connectivity index (χ1) is 10.6. The second kappa shape index (κ2) is 5.59. The maximum absolute atomic E-state index is 12.1. The highest BCUT2D eigenvalue weighted by Gasteiger charge is 2.55. The summed E-state index contributed by atoms with van der Waals surface area (Å²) in [7, 11) is 0. The molecular weight excluding hydrogens is 284 g/mol. The van der Waals surface area contributed by atoms with E-state index >= 15 is 0 Å². The molecule has 0 amide bonds. The van der Waals surface area contributed by atoms with Crippen LogP contribution in [0.1, 0.15) is 36.5 Å². The topological polar surface area (TPSA) is 79.7 Å². The van der Waals surface area contributed by atoms with Gasteiger partial charge in [-0.3, -0.25) is 4.79 Å². The van der Waals surface area contributed by atoms with Crippen molar-refractivity contribution >= 4 is 17.8 Å². The summed E-state index contributed by atoms with van der Waals surface area (Å²) in [6.07, 6.45) is 4.20. The van der Waals surface area contributed by atoms with Gasteiger partial charge in [-0.05, 0) is 37.8 Å². The number of carbonyl (C=O) groups excluding carboxylic acids is 1. The van der Waals surface area contributed by atoms with Gasteiger partial charge in [0, 0.05) is 19.3 Å². The fourth-order valence-corrected chi connectivity index (χ4v) is 3.82. The Bertz CT molecular complexity index is 604. The highest BCUT2D eigenvalue weighted by molar-refractivity contribution is 5.95. The first-order valence-corrected chi connectivity index (χ1v) is 7.69. The van der Waals surface area contributed by atoms with Gasteiger partial charge in [-0.25, -0.2) is 9.78 Å². The smallest absolute Gasteiger partial charge is 0.341 e. The van der Waals surface area contributed by atoms with Crippen LogP contribution >= 0.6 is 0 Å². The van der Waals surface area contributed by atoms with Gasteiger partial charge in [0.05, 0.1) is 12.0 Å². The molecular formula is C16H20N2O4. The van der Waals surface area contributed by atoms with Gasteiger partial charge in [0.1, 0.15) is 11.4 Å². The highest BCUT2D eigenvalue weighted by Crippen LogP contribution is 2.49. The number of carboxylic acid groups (broad SMARTS) is 1. The van der Waals surface area contributed by atoms with Gasteiger partial charge in [-0.2, -0.15) is 0 Å². The molecule has 2 heterocycles. The van der Waals surface area contributed by atoms with Crippen LogP contribution < -0.4 is 4.90 Å². The number of rotatable bonds is 4. The Kier molecular flexibility index (Phi) is 3.76. The largest absolute Gasteiger partial charge is 0.481 e. The SMILES string of the molecule is CCOC(=O)c1cccnc1N1C[C@@H]2CCC[C@@]2(C(=O)O)C1. The first-order valence-electron chi connectivity index (χ1n) is 7.69. The average molecular weight is 304 g/mol. The third-order valence-corrected chi connectivity index (χ3v) is 4.88. The minimum atomic E-state index is -0.730. The Balaban J connectivity index is 1.91. The summed E-state index contributed by atoms with van der Waals surface area (Å²) in [6, 6.07) is 3.38. The Morgan fingerprint density at radius 2 is 2.36 bits per heavy atom. The molecule has 3 rings (SSSR count). The van der Waals surface area contributed by atoms with Gasteiger partial charge < -0.3 is 14.7 Å². The van der Waals surface area contributed by atoms with Crippen LogP contribution in [-0.2, 0) is 9.53 Å². The highest BCUT2D eigenvalue weighted by atomic mass is 16.5. The molecule has 1 aromatic rings. The number of pyridine rings is 1. The molecule has 0 aromatic carbocycles. The molecule has 1 aromatic heterocycles. The monoisotopic (exact) mass is 304 g/mol. The summed E-state index contributed by atoms with van der Waals surface area (Å²) in [4.78, 5) is 30.1. The molecule has 0 radical (unpaired) electrons. The minimum Gasteiger partial charge on any atom is -0.481 e. The normalized spacial score (nSPS) is 26.8. The van der Waals surface area contributed by atoms with E-state index in [1.54, 1.807) is 25.3 Å². The third kappa shape index (κ3) is 2.23. The molecule has 1 N–H and O–H groups in total. The summed E-state index contributed by atoms with van der Waals surface area (Å²) >= 11 is 0. The average Bonchev–Trinajstić information content (AvgIpc) is 3.05. The van der Waals surface area contributed by atoms with Gasteiger partial charge in [-0.15, -0.1) is 0 Å². The van der Waals surface area contributed by atoms with E-state index in [0.29, 0.717) is 37.5 Å². The Labute approximate surface area is 129 Å². The number of aliphatic carboxylic acids is 1. The molecule has 0 bridgehead atoms. The molecule has 0 unspecified atom stereocenters. The van der Waals surface area contributed by atoms with Crippen molar-refractivity contribution in [2.24, 2.45) is 11.3 Å². The van der Waals surface area contributed by atoms with Crippen molar-refractivity contribution < 1.29 is 19.4 Å². The Morgan fingerprint density at radius 1 is 1.55 bits per heavy atom. The predicted molar refractivity (Wildman–Crippen MR) is 79.8 cm³/mol. The van der Waals surface area contributed by atoms with Crippen molar-refractivity contribution in [1.29, 1.82) is 0 Å². The number of ether oxygens (including phenoxy) is 1. The second-order valence-electron chi connectivity index (χ2n) is 6.03. The van der Waals surface area contributed by atoms with Gasteiger partial charge >= 0.3 is 11.9 Å². The Morgan fingerprint density at radius 3 is 3.05 bits per heavy atom. The van der Waals surface area contributed by atoms with Crippen LogP contribution in [0.5, 0.6) is 0 Å². The first kappa shape index (κ1) is 14.8. The fraction of sp³-hybridized carbons (Fsp3) is 0.562. The fourth-order valence-electron chi connectivity index (χ4n) is 3.82. The third-order valence-electron chi connectivity index (χ3n) is 4.88. The number of hydrogen-bond acceptors (Lipinski definition) is 5. The molecule has 1 aliphatic carbocycles. The van der Waals surface area contributed by atoms with E-state index in [4.69, 9.17) is 4.74 Å². The van der Waals surface area contributed by atoms with Gasteiger partial charge in [0.2, 0.25) is 0 Å². The number of anilines is 1. The van der Waals surface area contributed by atoms with Gasteiger partial charge in [0.15, 0.2) is 0 Å². The molecule has 118 valence electrons. The molecule has 6 nitrogen and oxygen atoms in total. The maximum Gasteiger partial charge on any atom is 0.341 e. The standard InChI is InChI=1S/C16H20N2O4/c1-2-22-14(19)12-6-4-8-17-13(12)18-9-11-5-3-7-16(11,10-18)15(20)21/h4,6,8,11H,2-3,5,7,9-10H2,1H3,(H,20,21)/t11-,16+/m0/s1. The van der Waals surface area contributed by atoms with E-state index in [9.17, 15) is 14.7 Å². The number of aromatic nitrogens is 1. The van der Waals surface area contributed by atoms with Crippen molar-refractivity contribution in [2.45, 2.75) is 26.2 Å². The minimum absolute atomic E-state index is 0.127.